The van der Waals surface area contributed by atoms with Gasteiger partial charge in [-0.15, -0.1) is 0 Å². The van der Waals surface area contributed by atoms with Gasteiger partial charge in [-0.05, 0) is 26.3 Å². The fourth-order valence-corrected chi connectivity index (χ4v) is 2.14. The van der Waals surface area contributed by atoms with Gasteiger partial charge in [0.05, 0.1) is 12.5 Å². The Labute approximate surface area is 141 Å². The van der Waals surface area contributed by atoms with Crippen LogP contribution in [0.3, 0.4) is 0 Å². The molecule has 7 nitrogen and oxygen atoms in total. The summed E-state index contributed by atoms with van der Waals surface area (Å²) in [5.41, 5.74) is 4.99. The van der Waals surface area contributed by atoms with Crippen LogP contribution in [0.4, 0.5) is 0 Å². The fourth-order valence-electron chi connectivity index (χ4n) is 2.14. The number of primary amides is 1. The molecule has 0 fully saturated rings. The predicted octanol–water partition coefficient (Wildman–Crippen LogP) is -0.135. The van der Waals surface area contributed by atoms with Crippen molar-refractivity contribution in [1.82, 2.24) is 10.6 Å². The van der Waals surface area contributed by atoms with Crippen molar-refractivity contribution in [3.8, 4) is 0 Å². The number of nitrogens with two attached hydrogens (primary N) is 1. The monoisotopic (exact) mass is 335 g/mol. The third-order valence-corrected chi connectivity index (χ3v) is 3.43. The van der Waals surface area contributed by atoms with E-state index in [2.05, 4.69) is 10.6 Å². The van der Waals surface area contributed by atoms with Crippen LogP contribution < -0.4 is 16.4 Å². The highest BCUT2D eigenvalue weighted by atomic mass is 16.3. The molecule has 0 heterocycles. The molecule has 0 bridgehead atoms. The zero-order chi connectivity index (χ0) is 18.3. The number of rotatable bonds is 8. The van der Waals surface area contributed by atoms with E-state index in [0.29, 0.717) is 0 Å². The SMILES string of the molecule is C[C@@H](O)CC(=O)NC(C)(C)C(=O)N[C@@H](Cc1ccccc1)C(N)=O. The average Bonchev–Trinajstić information content (AvgIpc) is 2.45. The van der Waals surface area contributed by atoms with Gasteiger partial charge in [0.1, 0.15) is 11.6 Å². The molecule has 1 rings (SSSR count). The van der Waals surface area contributed by atoms with Crippen molar-refractivity contribution in [2.75, 3.05) is 0 Å². The molecule has 0 saturated carbocycles. The molecule has 3 amide bonds. The molecular formula is C17H25N3O4. The molecule has 5 N–H and O–H groups in total. The van der Waals surface area contributed by atoms with Gasteiger partial charge in [-0.2, -0.15) is 0 Å². The van der Waals surface area contributed by atoms with Crippen LogP contribution >= 0.6 is 0 Å². The Morgan fingerprint density at radius 2 is 1.79 bits per heavy atom. The molecule has 132 valence electrons. The van der Waals surface area contributed by atoms with E-state index in [-0.39, 0.29) is 12.8 Å². The molecule has 7 heteroatoms. The third kappa shape index (κ3) is 6.37. The Morgan fingerprint density at radius 3 is 2.29 bits per heavy atom. The number of carbonyl (C=O) groups excluding carboxylic acids is 3. The summed E-state index contributed by atoms with van der Waals surface area (Å²) in [5, 5.41) is 14.3. The Hall–Kier alpha value is -2.41. The summed E-state index contributed by atoms with van der Waals surface area (Å²) < 4.78 is 0. The quantitative estimate of drug-likeness (QED) is 0.528. The third-order valence-electron chi connectivity index (χ3n) is 3.43. The van der Waals surface area contributed by atoms with Gasteiger partial charge in [0, 0.05) is 6.42 Å². The number of aliphatic hydroxyl groups excluding tert-OH is 1. The summed E-state index contributed by atoms with van der Waals surface area (Å²) in [5.74, 6) is -1.64. The van der Waals surface area contributed by atoms with Gasteiger partial charge >= 0.3 is 0 Å². The molecule has 0 aliphatic carbocycles. The van der Waals surface area contributed by atoms with E-state index in [1.165, 1.54) is 20.8 Å². The lowest BCUT2D eigenvalue weighted by Gasteiger charge is -2.27. The minimum atomic E-state index is -1.24. The van der Waals surface area contributed by atoms with Crippen LogP contribution in [-0.2, 0) is 20.8 Å². The average molecular weight is 335 g/mol. The van der Waals surface area contributed by atoms with Gasteiger partial charge in [0.2, 0.25) is 17.7 Å². The Bertz CT molecular complexity index is 585. The number of hydrogen-bond acceptors (Lipinski definition) is 4. The second kappa shape index (κ2) is 8.44. The lowest BCUT2D eigenvalue weighted by Crippen LogP contribution is -2.59. The van der Waals surface area contributed by atoms with Crippen LogP contribution in [0.2, 0.25) is 0 Å². The van der Waals surface area contributed by atoms with Crippen molar-refractivity contribution < 1.29 is 19.5 Å². The maximum Gasteiger partial charge on any atom is 0.245 e. The lowest BCUT2D eigenvalue weighted by atomic mass is 10.0. The first-order valence-corrected chi connectivity index (χ1v) is 7.75. The van der Waals surface area contributed by atoms with Crippen molar-refractivity contribution in [2.24, 2.45) is 5.73 Å². The van der Waals surface area contributed by atoms with Crippen molar-refractivity contribution >= 4 is 17.7 Å². The highest BCUT2D eigenvalue weighted by Crippen LogP contribution is 2.07. The summed E-state index contributed by atoms with van der Waals surface area (Å²) in [6, 6.07) is 8.29. The van der Waals surface area contributed by atoms with Crippen LogP contribution in [0.5, 0.6) is 0 Å². The predicted molar refractivity (Wildman–Crippen MR) is 89.8 cm³/mol. The molecular weight excluding hydrogens is 310 g/mol. The first-order valence-electron chi connectivity index (χ1n) is 7.75. The molecule has 0 aliphatic rings. The molecule has 1 aromatic carbocycles. The maximum atomic E-state index is 12.4. The summed E-state index contributed by atoms with van der Waals surface area (Å²) in [6.45, 7) is 4.52. The van der Waals surface area contributed by atoms with Gasteiger partial charge in [0.15, 0.2) is 0 Å². The summed E-state index contributed by atoms with van der Waals surface area (Å²) in [4.78, 5) is 35.8. The minimum Gasteiger partial charge on any atom is -0.393 e. The molecule has 24 heavy (non-hydrogen) atoms. The Kier molecular flexibility index (Phi) is 6.91. The van der Waals surface area contributed by atoms with Gasteiger partial charge in [-0.25, -0.2) is 0 Å². The molecule has 0 aromatic heterocycles. The molecule has 0 saturated heterocycles. The van der Waals surface area contributed by atoms with Crippen LogP contribution in [0.25, 0.3) is 0 Å². The van der Waals surface area contributed by atoms with Crippen LogP contribution in [0.1, 0.15) is 32.8 Å². The summed E-state index contributed by atoms with van der Waals surface area (Å²) >= 11 is 0. The van der Waals surface area contributed by atoms with Crippen molar-refractivity contribution in [1.29, 1.82) is 0 Å². The van der Waals surface area contributed by atoms with Crippen LogP contribution in [0.15, 0.2) is 30.3 Å². The van der Waals surface area contributed by atoms with Gasteiger partial charge in [-0.3, -0.25) is 14.4 Å². The van der Waals surface area contributed by atoms with Crippen molar-refractivity contribution in [2.45, 2.75) is 51.3 Å². The molecule has 0 radical (unpaired) electrons. The molecule has 0 unspecified atom stereocenters. The first-order chi connectivity index (χ1) is 11.1. The summed E-state index contributed by atoms with van der Waals surface area (Å²) in [7, 11) is 0. The fraction of sp³-hybridized carbons (Fsp3) is 0.471. The van der Waals surface area contributed by atoms with E-state index in [1.807, 2.05) is 30.3 Å². The normalized spacial score (nSPS) is 13.7. The van der Waals surface area contributed by atoms with Crippen LogP contribution in [0, 0.1) is 0 Å². The summed E-state index contributed by atoms with van der Waals surface area (Å²) in [6.07, 6.45) is -0.653. The van der Waals surface area contributed by atoms with Crippen molar-refractivity contribution in [3.63, 3.8) is 0 Å². The number of amides is 3. The zero-order valence-corrected chi connectivity index (χ0v) is 14.2. The number of carbonyl (C=O) groups is 3. The second-order valence-electron chi connectivity index (χ2n) is 6.34. The number of hydrogen-bond donors (Lipinski definition) is 4. The van der Waals surface area contributed by atoms with Crippen LogP contribution in [-0.4, -0.2) is 40.5 Å². The zero-order valence-electron chi connectivity index (χ0n) is 14.2. The van der Waals surface area contributed by atoms with E-state index in [9.17, 15) is 19.5 Å². The number of benzene rings is 1. The Morgan fingerprint density at radius 1 is 1.21 bits per heavy atom. The maximum absolute atomic E-state index is 12.4. The molecule has 2 atom stereocenters. The molecule has 1 aromatic rings. The number of nitrogens with one attached hydrogen (secondary N) is 2. The van der Waals surface area contributed by atoms with E-state index >= 15 is 0 Å². The lowest BCUT2D eigenvalue weighted by molar-refractivity contribution is -0.135. The standard InChI is InChI=1S/C17H25N3O4/c1-11(21)9-14(22)20-17(2,3)16(24)19-13(15(18)23)10-12-7-5-4-6-8-12/h4-8,11,13,21H,9-10H2,1-3H3,(H2,18,23)(H,19,24)(H,20,22)/t11-,13+/m1/s1. The second-order valence-corrected chi connectivity index (χ2v) is 6.34. The Balaban J connectivity index is 2.73. The van der Waals surface area contributed by atoms with E-state index in [1.54, 1.807) is 0 Å². The van der Waals surface area contributed by atoms with E-state index in [4.69, 9.17) is 5.73 Å². The molecule has 0 aliphatic heterocycles. The van der Waals surface area contributed by atoms with Gasteiger partial charge in [-0.1, -0.05) is 30.3 Å². The van der Waals surface area contributed by atoms with Gasteiger partial charge < -0.3 is 21.5 Å². The highest BCUT2D eigenvalue weighted by molar-refractivity contribution is 5.94. The van der Waals surface area contributed by atoms with Gasteiger partial charge in [0.25, 0.3) is 0 Å². The smallest absolute Gasteiger partial charge is 0.245 e. The van der Waals surface area contributed by atoms with Crippen molar-refractivity contribution in [3.05, 3.63) is 35.9 Å². The largest absolute Gasteiger partial charge is 0.393 e. The number of aliphatic hydroxyl groups is 1. The highest BCUT2D eigenvalue weighted by Gasteiger charge is 2.32. The first kappa shape index (κ1) is 19.6. The topological polar surface area (TPSA) is 122 Å². The van der Waals surface area contributed by atoms with E-state index in [0.717, 1.165) is 5.56 Å². The molecule has 0 spiro atoms. The minimum absolute atomic E-state index is 0.111. The van der Waals surface area contributed by atoms with E-state index < -0.39 is 35.4 Å².